The summed E-state index contributed by atoms with van der Waals surface area (Å²) < 4.78 is 36.9. The Morgan fingerprint density at radius 3 is 2.14 bits per heavy atom. The number of fused-ring (bicyclic) bond motifs is 1. The number of rotatable bonds is 4. The molecule has 0 spiro atoms. The van der Waals surface area contributed by atoms with Gasteiger partial charge in [-0.25, -0.2) is 8.42 Å². The lowest BCUT2D eigenvalue weighted by Crippen LogP contribution is -2.43. The molecule has 0 bridgehead atoms. The van der Waals surface area contributed by atoms with Gasteiger partial charge in [-0.05, 0) is 36.6 Å². The molecule has 2 aromatic rings. The summed E-state index contributed by atoms with van der Waals surface area (Å²) in [4.78, 5) is 25.2. The fraction of sp³-hybridized carbons (Fsp3) is 0.333. The maximum atomic E-state index is 13.6. The van der Waals surface area contributed by atoms with E-state index in [4.69, 9.17) is 9.47 Å². The minimum atomic E-state index is -3.98. The van der Waals surface area contributed by atoms with Crippen molar-refractivity contribution in [1.82, 2.24) is 0 Å². The molecule has 28 heavy (non-hydrogen) atoms. The SMILES string of the molecule is COC(=O)[C@@H]1[C@H](S(=O)(=O)c2ccc(C)cc2)c2ccccc2C[C@H]1C(=O)OC. The fourth-order valence-electron chi connectivity index (χ4n) is 3.81. The molecule has 0 fully saturated rings. The van der Waals surface area contributed by atoms with Gasteiger partial charge in [0.15, 0.2) is 9.84 Å². The molecule has 2 aromatic carbocycles. The maximum absolute atomic E-state index is 13.6. The van der Waals surface area contributed by atoms with Crippen LogP contribution in [0.25, 0.3) is 0 Å². The van der Waals surface area contributed by atoms with Gasteiger partial charge in [0, 0.05) is 0 Å². The number of esters is 2. The van der Waals surface area contributed by atoms with E-state index in [9.17, 15) is 18.0 Å². The van der Waals surface area contributed by atoms with Crippen molar-refractivity contribution < 1.29 is 27.5 Å². The van der Waals surface area contributed by atoms with Crippen LogP contribution >= 0.6 is 0 Å². The average molecular weight is 402 g/mol. The minimum absolute atomic E-state index is 0.0947. The lowest BCUT2D eigenvalue weighted by atomic mass is 9.75. The van der Waals surface area contributed by atoms with Crippen molar-refractivity contribution in [3.63, 3.8) is 0 Å². The number of sulfone groups is 1. The monoisotopic (exact) mass is 402 g/mol. The number of methoxy groups -OCH3 is 2. The van der Waals surface area contributed by atoms with E-state index in [1.54, 1.807) is 36.4 Å². The Bertz CT molecular complexity index is 994. The van der Waals surface area contributed by atoms with Crippen molar-refractivity contribution in [3.05, 3.63) is 65.2 Å². The molecule has 1 aliphatic carbocycles. The van der Waals surface area contributed by atoms with E-state index >= 15 is 0 Å². The standard InChI is InChI=1S/C21H22O6S/c1-13-8-10-15(11-9-13)28(24,25)19-16-7-5-4-6-14(16)12-17(20(22)26-2)18(19)21(23)27-3/h4-11,17-19H,12H2,1-3H3/t17-,18+,19-/m1/s1. The van der Waals surface area contributed by atoms with Crippen LogP contribution in [0.5, 0.6) is 0 Å². The number of carbonyl (C=O) groups is 2. The van der Waals surface area contributed by atoms with Crippen molar-refractivity contribution in [3.8, 4) is 0 Å². The topological polar surface area (TPSA) is 86.7 Å². The van der Waals surface area contributed by atoms with Gasteiger partial charge in [-0.3, -0.25) is 9.59 Å². The van der Waals surface area contributed by atoms with Gasteiger partial charge in [-0.2, -0.15) is 0 Å². The third-order valence-electron chi connectivity index (χ3n) is 5.22. The Hall–Kier alpha value is -2.67. The molecule has 3 atom stereocenters. The van der Waals surface area contributed by atoms with E-state index in [2.05, 4.69) is 0 Å². The van der Waals surface area contributed by atoms with Gasteiger partial charge in [0.25, 0.3) is 0 Å². The first kappa shape index (κ1) is 20.1. The average Bonchev–Trinajstić information content (AvgIpc) is 2.71. The molecule has 0 unspecified atom stereocenters. The Balaban J connectivity index is 2.25. The highest BCUT2D eigenvalue weighted by molar-refractivity contribution is 7.91. The molecule has 0 aliphatic heterocycles. The summed E-state index contributed by atoms with van der Waals surface area (Å²) in [6.45, 7) is 1.86. The van der Waals surface area contributed by atoms with Crippen molar-refractivity contribution in [1.29, 1.82) is 0 Å². The third kappa shape index (κ3) is 3.42. The van der Waals surface area contributed by atoms with Crippen LogP contribution in [0.1, 0.15) is 21.9 Å². The maximum Gasteiger partial charge on any atom is 0.311 e. The Labute approximate surface area is 164 Å². The smallest absolute Gasteiger partial charge is 0.311 e. The molecule has 0 amide bonds. The zero-order chi connectivity index (χ0) is 20.5. The summed E-state index contributed by atoms with van der Waals surface area (Å²) in [5, 5.41) is -1.24. The fourth-order valence-corrected chi connectivity index (χ4v) is 5.87. The molecule has 1 aliphatic rings. The number of aryl methyl sites for hydroxylation is 1. The molecule has 148 valence electrons. The predicted molar refractivity (Wildman–Crippen MR) is 102 cm³/mol. The molecular weight excluding hydrogens is 380 g/mol. The summed E-state index contributed by atoms with van der Waals surface area (Å²) in [7, 11) is -1.57. The number of hydrogen-bond acceptors (Lipinski definition) is 6. The van der Waals surface area contributed by atoms with E-state index in [1.165, 1.54) is 26.4 Å². The lowest BCUT2D eigenvalue weighted by Gasteiger charge is -2.36. The van der Waals surface area contributed by atoms with E-state index < -0.39 is 38.9 Å². The summed E-state index contributed by atoms with van der Waals surface area (Å²) in [5.41, 5.74) is 2.14. The first-order chi connectivity index (χ1) is 13.3. The molecule has 6 nitrogen and oxygen atoms in total. The van der Waals surface area contributed by atoms with Gasteiger partial charge in [0.1, 0.15) is 5.25 Å². The summed E-state index contributed by atoms with van der Waals surface area (Å²) in [6.07, 6.45) is 0.211. The lowest BCUT2D eigenvalue weighted by molar-refractivity contribution is -0.158. The highest BCUT2D eigenvalue weighted by atomic mass is 32.2. The first-order valence-electron chi connectivity index (χ1n) is 8.85. The minimum Gasteiger partial charge on any atom is -0.469 e. The molecule has 0 aromatic heterocycles. The molecule has 0 saturated carbocycles. The molecule has 7 heteroatoms. The van der Waals surface area contributed by atoms with Crippen molar-refractivity contribution in [2.24, 2.45) is 11.8 Å². The molecular formula is C21H22O6S. The van der Waals surface area contributed by atoms with Crippen LogP contribution in [0.15, 0.2) is 53.4 Å². The van der Waals surface area contributed by atoms with Gasteiger partial charge in [0.05, 0.1) is 31.0 Å². The highest BCUT2D eigenvalue weighted by Gasteiger charge is 2.51. The van der Waals surface area contributed by atoms with E-state index in [1.807, 2.05) is 6.92 Å². The number of benzene rings is 2. The Kier molecular flexibility index (Phi) is 5.56. The van der Waals surface area contributed by atoms with Crippen LogP contribution in [-0.2, 0) is 35.3 Å². The normalized spacial score (nSPS) is 21.5. The first-order valence-corrected chi connectivity index (χ1v) is 10.4. The third-order valence-corrected chi connectivity index (χ3v) is 7.37. The molecule has 3 rings (SSSR count). The number of ether oxygens (including phenoxy) is 2. The predicted octanol–water partition coefficient (Wildman–Crippen LogP) is 2.64. The number of carbonyl (C=O) groups excluding carboxylic acids is 2. The Morgan fingerprint density at radius 1 is 0.929 bits per heavy atom. The van der Waals surface area contributed by atoms with E-state index in [0.29, 0.717) is 11.1 Å². The van der Waals surface area contributed by atoms with Crippen LogP contribution in [-0.4, -0.2) is 34.6 Å². The van der Waals surface area contributed by atoms with Crippen LogP contribution in [0.3, 0.4) is 0 Å². The van der Waals surface area contributed by atoms with Gasteiger partial charge in [-0.1, -0.05) is 42.0 Å². The van der Waals surface area contributed by atoms with E-state index in [-0.39, 0.29) is 11.3 Å². The van der Waals surface area contributed by atoms with Gasteiger partial charge in [0.2, 0.25) is 0 Å². The quantitative estimate of drug-likeness (QED) is 0.731. The molecule has 0 radical (unpaired) electrons. The van der Waals surface area contributed by atoms with Crippen molar-refractivity contribution in [2.75, 3.05) is 14.2 Å². The molecule has 0 N–H and O–H groups in total. The second kappa shape index (κ2) is 7.75. The summed E-state index contributed by atoms with van der Waals surface area (Å²) >= 11 is 0. The van der Waals surface area contributed by atoms with Crippen LogP contribution in [0.4, 0.5) is 0 Å². The van der Waals surface area contributed by atoms with E-state index in [0.717, 1.165) is 5.56 Å². The Morgan fingerprint density at radius 2 is 1.54 bits per heavy atom. The van der Waals surface area contributed by atoms with Crippen molar-refractivity contribution in [2.45, 2.75) is 23.5 Å². The number of hydrogen-bond donors (Lipinski definition) is 0. The summed E-state index contributed by atoms with van der Waals surface area (Å²) in [5.74, 6) is -3.52. The highest BCUT2D eigenvalue weighted by Crippen LogP contribution is 2.46. The van der Waals surface area contributed by atoms with Crippen LogP contribution in [0, 0.1) is 18.8 Å². The zero-order valence-electron chi connectivity index (χ0n) is 15.9. The molecule has 0 saturated heterocycles. The van der Waals surface area contributed by atoms with Crippen LogP contribution in [0.2, 0.25) is 0 Å². The molecule has 0 heterocycles. The van der Waals surface area contributed by atoms with Crippen LogP contribution < -0.4 is 0 Å². The van der Waals surface area contributed by atoms with Crippen molar-refractivity contribution >= 4 is 21.8 Å². The second-order valence-corrected chi connectivity index (χ2v) is 8.93. The van der Waals surface area contributed by atoms with Gasteiger partial charge in [-0.15, -0.1) is 0 Å². The zero-order valence-corrected chi connectivity index (χ0v) is 16.7. The van der Waals surface area contributed by atoms with Gasteiger partial charge < -0.3 is 9.47 Å². The largest absolute Gasteiger partial charge is 0.469 e. The second-order valence-electron chi connectivity index (χ2n) is 6.86. The van der Waals surface area contributed by atoms with Gasteiger partial charge >= 0.3 is 11.9 Å². The summed E-state index contributed by atoms with van der Waals surface area (Å²) in [6, 6.07) is 13.4.